The molecular formula is C22H31NO2S. The van der Waals surface area contributed by atoms with Gasteiger partial charge in [0.15, 0.2) is 0 Å². The molecule has 3 rings (SSSR count). The first kappa shape index (κ1) is 19.2. The van der Waals surface area contributed by atoms with Crippen LogP contribution in [0.1, 0.15) is 57.4 Å². The summed E-state index contributed by atoms with van der Waals surface area (Å²) in [6, 6.07) is 7.23. The first-order chi connectivity index (χ1) is 12.5. The Morgan fingerprint density at radius 3 is 2.65 bits per heavy atom. The van der Waals surface area contributed by atoms with E-state index in [0.29, 0.717) is 17.4 Å². The first-order valence-corrected chi connectivity index (χ1v) is 11.4. The van der Waals surface area contributed by atoms with Gasteiger partial charge in [0, 0.05) is 18.2 Å². The van der Waals surface area contributed by atoms with Crippen LogP contribution in [0.25, 0.3) is 0 Å². The lowest BCUT2D eigenvalue weighted by Crippen LogP contribution is -2.28. The highest BCUT2D eigenvalue weighted by Gasteiger charge is 2.41. The van der Waals surface area contributed by atoms with Crippen LogP contribution < -0.4 is 0 Å². The molecule has 1 heterocycles. The minimum atomic E-state index is -3.48. The second-order valence-corrected chi connectivity index (χ2v) is 9.48. The zero-order valence-corrected chi connectivity index (χ0v) is 16.8. The van der Waals surface area contributed by atoms with E-state index >= 15 is 0 Å². The molecule has 0 radical (unpaired) electrons. The first-order valence-electron chi connectivity index (χ1n) is 10.00. The summed E-state index contributed by atoms with van der Waals surface area (Å²) in [4.78, 5) is 0.405. The SMILES string of the molecule is CCCCCC/C=C1/[C@H]2C=CCC[C@H]2CN1S(=O)(=O)c1ccc(C)cc1. The van der Waals surface area contributed by atoms with E-state index in [1.165, 1.54) is 19.3 Å². The molecule has 0 aromatic heterocycles. The normalized spacial score (nSPS) is 24.2. The summed E-state index contributed by atoms with van der Waals surface area (Å²) in [5, 5.41) is 0. The molecule has 26 heavy (non-hydrogen) atoms. The van der Waals surface area contributed by atoms with Crippen molar-refractivity contribution >= 4 is 10.0 Å². The van der Waals surface area contributed by atoms with Crippen LogP contribution in [-0.4, -0.2) is 19.3 Å². The third-order valence-electron chi connectivity index (χ3n) is 5.61. The molecule has 0 bridgehead atoms. The van der Waals surface area contributed by atoms with E-state index < -0.39 is 10.0 Å². The molecule has 0 N–H and O–H groups in total. The van der Waals surface area contributed by atoms with Gasteiger partial charge in [-0.1, -0.05) is 62.1 Å². The molecular weight excluding hydrogens is 342 g/mol. The predicted molar refractivity (Wildman–Crippen MR) is 107 cm³/mol. The molecule has 1 saturated heterocycles. The highest BCUT2D eigenvalue weighted by Crippen LogP contribution is 2.42. The molecule has 3 nitrogen and oxygen atoms in total. The van der Waals surface area contributed by atoms with Gasteiger partial charge >= 0.3 is 0 Å². The van der Waals surface area contributed by atoms with Crippen LogP contribution in [0.15, 0.2) is 53.1 Å². The summed E-state index contributed by atoms with van der Waals surface area (Å²) in [5.41, 5.74) is 2.08. The second kappa shape index (κ2) is 8.43. The van der Waals surface area contributed by atoms with Crippen LogP contribution in [0.4, 0.5) is 0 Å². The number of sulfonamides is 1. The second-order valence-electron chi connectivity index (χ2n) is 7.62. The van der Waals surface area contributed by atoms with Crippen LogP contribution in [0.2, 0.25) is 0 Å². The Hall–Kier alpha value is -1.55. The number of hydrogen-bond donors (Lipinski definition) is 0. The molecule has 0 saturated carbocycles. The van der Waals surface area contributed by atoms with E-state index in [2.05, 4.69) is 25.2 Å². The molecule has 142 valence electrons. The number of unbranched alkanes of at least 4 members (excludes halogenated alkanes) is 4. The van der Waals surface area contributed by atoms with Crippen molar-refractivity contribution < 1.29 is 8.42 Å². The van der Waals surface area contributed by atoms with Gasteiger partial charge in [-0.25, -0.2) is 8.42 Å². The van der Waals surface area contributed by atoms with Crippen molar-refractivity contribution in [2.75, 3.05) is 6.54 Å². The van der Waals surface area contributed by atoms with Gasteiger partial charge in [-0.05, 0) is 50.7 Å². The average molecular weight is 374 g/mol. The van der Waals surface area contributed by atoms with Gasteiger partial charge in [0.1, 0.15) is 0 Å². The molecule has 2 aliphatic rings. The van der Waals surface area contributed by atoms with Crippen LogP contribution in [0.5, 0.6) is 0 Å². The van der Waals surface area contributed by atoms with Crippen molar-refractivity contribution in [1.29, 1.82) is 0 Å². The Bertz CT molecular complexity index is 762. The van der Waals surface area contributed by atoms with Crippen molar-refractivity contribution in [2.24, 2.45) is 11.8 Å². The summed E-state index contributed by atoms with van der Waals surface area (Å²) >= 11 is 0. The third-order valence-corrected chi connectivity index (χ3v) is 7.41. The van der Waals surface area contributed by atoms with E-state index in [0.717, 1.165) is 36.9 Å². The van der Waals surface area contributed by atoms with Crippen LogP contribution in [0, 0.1) is 18.8 Å². The predicted octanol–water partition coefficient (Wildman–Crippen LogP) is 5.44. The Balaban J connectivity index is 1.86. The number of nitrogens with zero attached hydrogens (tertiary/aromatic N) is 1. The molecule has 1 aromatic rings. The van der Waals surface area contributed by atoms with Crippen molar-refractivity contribution in [2.45, 2.75) is 63.7 Å². The van der Waals surface area contributed by atoms with Gasteiger partial charge in [0.2, 0.25) is 0 Å². The smallest absolute Gasteiger partial charge is 0.264 e. The lowest BCUT2D eigenvalue weighted by molar-refractivity contribution is 0.429. The fraction of sp³-hybridized carbons (Fsp3) is 0.545. The monoisotopic (exact) mass is 373 g/mol. The quantitative estimate of drug-likeness (QED) is 0.472. The van der Waals surface area contributed by atoms with Crippen molar-refractivity contribution in [1.82, 2.24) is 4.31 Å². The molecule has 0 unspecified atom stereocenters. The van der Waals surface area contributed by atoms with Crippen LogP contribution in [0.3, 0.4) is 0 Å². The van der Waals surface area contributed by atoms with Crippen LogP contribution >= 0.6 is 0 Å². The largest absolute Gasteiger partial charge is 0.270 e. The molecule has 0 amide bonds. The molecule has 4 heteroatoms. The van der Waals surface area contributed by atoms with Crippen molar-refractivity contribution in [3.05, 3.63) is 53.8 Å². The molecule has 1 fully saturated rings. The maximum Gasteiger partial charge on any atom is 0.264 e. The number of hydrogen-bond acceptors (Lipinski definition) is 2. The van der Waals surface area contributed by atoms with Gasteiger partial charge in [-0.15, -0.1) is 0 Å². The standard InChI is InChI=1S/C22H31NO2S/c1-3-4-5-6-7-12-22-21-11-9-8-10-19(21)17-23(22)26(24,25)20-15-13-18(2)14-16-20/h9,11-16,19,21H,3-8,10,17H2,1-2H3/b22-12-/t19-,21-/m0/s1. The average Bonchev–Trinajstić information content (AvgIpc) is 3.01. The number of fused-ring (bicyclic) bond motifs is 1. The fourth-order valence-electron chi connectivity index (χ4n) is 4.05. The van der Waals surface area contributed by atoms with Gasteiger partial charge in [-0.2, -0.15) is 0 Å². The lowest BCUT2D eigenvalue weighted by Gasteiger charge is -2.22. The summed E-state index contributed by atoms with van der Waals surface area (Å²) in [6.07, 6.45) is 14.6. The Morgan fingerprint density at radius 2 is 1.92 bits per heavy atom. The zero-order valence-electron chi connectivity index (χ0n) is 16.0. The topological polar surface area (TPSA) is 37.4 Å². The Morgan fingerprint density at radius 1 is 1.15 bits per heavy atom. The Labute approximate surface area is 158 Å². The van der Waals surface area contributed by atoms with Crippen molar-refractivity contribution in [3.63, 3.8) is 0 Å². The Kier molecular flexibility index (Phi) is 6.23. The van der Waals surface area contributed by atoms with Gasteiger partial charge in [0.05, 0.1) is 4.90 Å². The minimum Gasteiger partial charge on any atom is -0.270 e. The number of aryl methyl sites for hydroxylation is 1. The molecule has 0 spiro atoms. The summed E-state index contributed by atoms with van der Waals surface area (Å²) < 4.78 is 28.3. The van der Waals surface area contributed by atoms with Gasteiger partial charge in [-0.3, -0.25) is 4.31 Å². The van der Waals surface area contributed by atoms with Gasteiger partial charge in [0.25, 0.3) is 10.0 Å². The van der Waals surface area contributed by atoms with Crippen molar-refractivity contribution in [3.8, 4) is 0 Å². The number of benzene rings is 1. The fourth-order valence-corrected chi connectivity index (χ4v) is 5.65. The third kappa shape index (κ3) is 4.06. The van der Waals surface area contributed by atoms with E-state index in [9.17, 15) is 8.42 Å². The lowest BCUT2D eigenvalue weighted by atomic mass is 9.85. The van der Waals surface area contributed by atoms with E-state index in [1.54, 1.807) is 16.4 Å². The van der Waals surface area contributed by atoms with E-state index in [1.807, 2.05) is 19.1 Å². The highest BCUT2D eigenvalue weighted by molar-refractivity contribution is 7.89. The summed E-state index contributed by atoms with van der Waals surface area (Å²) in [5.74, 6) is 0.678. The molecule has 1 aliphatic heterocycles. The zero-order chi connectivity index (χ0) is 18.6. The number of allylic oxidation sites excluding steroid dienone is 3. The molecule has 2 atom stereocenters. The van der Waals surface area contributed by atoms with E-state index in [-0.39, 0.29) is 5.92 Å². The minimum absolute atomic E-state index is 0.259. The van der Waals surface area contributed by atoms with E-state index in [4.69, 9.17) is 0 Å². The summed E-state index contributed by atoms with van der Waals surface area (Å²) in [6.45, 7) is 4.81. The molecule has 1 aliphatic carbocycles. The molecule has 1 aromatic carbocycles. The van der Waals surface area contributed by atoms with Crippen LogP contribution in [-0.2, 0) is 10.0 Å². The number of rotatable bonds is 7. The maximum absolute atomic E-state index is 13.3. The highest BCUT2D eigenvalue weighted by atomic mass is 32.2. The summed E-state index contributed by atoms with van der Waals surface area (Å²) in [7, 11) is -3.48. The van der Waals surface area contributed by atoms with Gasteiger partial charge < -0.3 is 0 Å². The maximum atomic E-state index is 13.3.